The van der Waals surface area contributed by atoms with Gasteiger partial charge in [0.25, 0.3) is 0 Å². The topological polar surface area (TPSA) is 117 Å². The SMILES string of the molecule is CC(C)(C)OC(=O)NC(CCC(=O)NC(c1ccccc1)(c1ccccc1)c1ccccc1)C(=O)NCCO. The maximum Gasteiger partial charge on any atom is 0.408 e. The largest absolute Gasteiger partial charge is 0.444 e. The van der Waals surface area contributed by atoms with Gasteiger partial charge in [-0.2, -0.15) is 0 Å². The normalized spacial score (nSPS) is 12.2. The number of ether oxygens (including phenoxy) is 1. The van der Waals surface area contributed by atoms with E-state index in [1.807, 2.05) is 91.0 Å². The molecule has 206 valence electrons. The van der Waals surface area contributed by atoms with E-state index in [9.17, 15) is 14.4 Å². The van der Waals surface area contributed by atoms with E-state index in [1.165, 1.54) is 0 Å². The fourth-order valence-corrected chi connectivity index (χ4v) is 4.35. The minimum atomic E-state index is -1.03. The van der Waals surface area contributed by atoms with Crippen molar-refractivity contribution in [3.8, 4) is 0 Å². The molecule has 0 bridgehead atoms. The lowest BCUT2D eigenvalue weighted by Crippen LogP contribution is -2.50. The molecule has 3 aromatic carbocycles. The van der Waals surface area contributed by atoms with Crippen LogP contribution < -0.4 is 16.0 Å². The fraction of sp³-hybridized carbons (Fsp3) is 0.323. The van der Waals surface area contributed by atoms with Crippen LogP contribution in [-0.4, -0.2) is 47.8 Å². The van der Waals surface area contributed by atoms with E-state index in [0.29, 0.717) is 0 Å². The van der Waals surface area contributed by atoms with Crippen molar-refractivity contribution in [2.75, 3.05) is 13.2 Å². The molecular formula is C31H37N3O5. The molecule has 0 aliphatic rings. The van der Waals surface area contributed by atoms with Gasteiger partial charge < -0.3 is 25.8 Å². The zero-order chi connectivity index (χ0) is 28.3. The third-order valence-electron chi connectivity index (χ3n) is 6.03. The summed E-state index contributed by atoms with van der Waals surface area (Å²) >= 11 is 0. The van der Waals surface area contributed by atoms with Crippen LogP contribution in [-0.2, 0) is 19.9 Å². The second-order valence-electron chi connectivity index (χ2n) is 10.1. The zero-order valence-electron chi connectivity index (χ0n) is 22.6. The first-order valence-electron chi connectivity index (χ1n) is 13.0. The van der Waals surface area contributed by atoms with E-state index < -0.39 is 29.2 Å². The zero-order valence-corrected chi connectivity index (χ0v) is 22.6. The predicted molar refractivity (Wildman–Crippen MR) is 150 cm³/mol. The number of rotatable bonds is 11. The van der Waals surface area contributed by atoms with Gasteiger partial charge in [0.05, 0.1) is 6.61 Å². The Morgan fingerprint density at radius 2 is 1.26 bits per heavy atom. The lowest BCUT2D eigenvalue weighted by molar-refractivity contribution is -0.124. The molecule has 1 atom stereocenters. The van der Waals surface area contributed by atoms with Gasteiger partial charge in [0.1, 0.15) is 17.2 Å². The highest BCUT2D eigenvalue weighted by atomic mass is 16.6. The smallest absolute Gasteiger partial charge is 0.408 e. The summed E-state index contributed by atoms with van der Waals surface area (Å²) in [5, 5.41) is 17.5. The van der Waals surface area contributed by atoms with E-state index in [2.05, 4.69) is 16.0 Å². The Bertz CT molecular complexity index is 1110. The lowest BCUT2D eigenvalue weighted by atomic mass is 9.77. The molecule has 0 aromatic heterocycles. The summed E-state index contributed by atoms with van der Waals surface area (Å²) in [5.41, 5.74) is 0.877. The number of carbonyl (C=O) groups excluding carboxylic acids is 3. The van der Waals surface area contributed by atoms with Crippen LogP contribution >= 0.6 is 0 Å². The van der Waals surface area contributed by atoms with Crippen molar-refractivity contribution in [3.05, 3.63) is 108 Å². The van der Waals surface area contributed by atoms with E-state index in [0.717, 1.165) is 16.7 Å². The Balaban J connectivity index is 1.90. The van der Waals surface area contributed by atoms with Crippen molar-refractivity contribution in [1.82, 2.24) is 16.0 Å². The predicted octanol–water partition coefficient (Wildman–Crippen LogP) is 3.88. The number of aliphatic hydroxyl groups excluding tert-OH is 1. The third-order valence-corrected chi connectivity index (χ3v) is 6.03. The Morgan fingerprint density at radius 3 is 1.67 bits per heavy atom. The second kappa shape index (κ2) is 13.6. The van der Waals surface area contributed by atoms with Crippen LogP contribution in [0.25, 0.3) is 0 Å². The van der Waals surface area contributed by atoms with Crippen LogP contribution in [0.4, 0.5) is 4.79 Å². The fourth-order valence-electron chi connectivity index (χ4n) is 4.35. The van der Waals surface area contributed by atoms with Crippen LogP contribution in [0, 0.1) is 0 Å². The molecule has 4 N–H and O–H groups in total. The number of alkyl carbamates (subject to hydrolysis) is 1. The quantitative estimate of drug-likeness (QED) is 0.280. The van der Waals surface area contributed by atoms with E-state index in [-0.39, 0.29) is 31.9 Å². The number of benzene rings is 3. The monoisotopic (exact) mass is 531 g/mol. The highest BCUT2D eigenvalue weighted by Crippen LogP contribution is 2.36. The van der Waals surface area contributed by atoms with Gasteiger partial charge in [-0.05, 0) is 43.9 Å². The first-order valence-corrected chi connectivity index (χ1v) is 13.0. The molecule has 8 nitrogen and oxygen atoms in total. The van der Waals surface area contributed by atoms with Gasteiger partial charge in [-0.15, -0.1) is 0 Å². The van der Waals surface area contributed by atoms with Crippen molar-refractivity contribution >= 4 is 17.9 Å². The van der Waals surface area contributed by atoms with Gasteiger partial charge in [0, 0.05) is 13.0 Å². The molecule has 1 unspecified atom stereocenters. The highest BCUT2D eigenvalue weighted by Gasteiger charge is 2.38. The lowest BCUT2D eigenvalue weighted by Gasteiger charge is -2.37. The molecular weight excluding hydrogens is 494 g/mol. The Morgan fingerprint density at radius 1 is 0.795 bits per heavy atom. The average Bonchev–Trinajstić information content (AvgIpc) is 2.93. The minimum Gasteiger partial charge on any atom is -0.444 e. The van der Waals surface area contributed by atoms with Crippen molar-refractivity contribution in [3.63, 3.8) is 0 Å². The molecule has 8 heteroatoms. The molecule has 0 saturated heterocycles. The van der Waals surface area contributed by atoms with Crippen LogP contribution in [0.2, 0.25) is 0 Å². The molecule has 0 aliphatic carbocycles. The number of nitrogens with one attached hydrogen (secondary N) is 3. The van der Waals surface area contributed by atoms with Crippen molar-refractivity contribution < 1.29 is 24.2 Å². The standard InChI is InChI=1S/C31H37N3O5/c1-30(2,3)39-29(38)33-26(28(37)32-21-22-35)19-20-27(36)34-31(23-13-7-4-8-14-23,24-15-9-5-10-16-24)25-17-11-6-12-18-25/h4-18,26,35H,19-22H2,1-3H3,(H,32,37)(H,33,38)(H,34,36). The van der Waals surface area contributed by atoms with Crippen molar-refractivity contribution in [1.29, 1.82) is 0 Å². The molecule has 0 fully saturated rings. The number of carbonyl (C=O) groups is 3. The summed E-state index contributed by atoms with van der Waals surface area (Å²) < 4.78 is 5.30. The molecule has 3 rings (SSSR count). The first-order chi connectivity index (χ1) is 18.7. The Kier molecular flexibility index (Phi) is 10.2. The van der Waals surface area contributed by atoms with E-state index >= 15 is 0 Å². The van der Waals surface area contributed by atoms with Gasteiger partial charge in [-0.3, -0.25) is 9.59 Å². The Labute approximate surface area is 229 Å². The number of hydrogen-bond donors (Lipinski definition) is 4. The van der Waals surface area contributed by atoms with E-state index in [4.69, 9.17) is 9.84 Å². The first kappa shape index (κ1) is 29.4. The number of amides is 3. The summed E-state index contributed by atoms with van der Waals surface area (Å²) in [6.45, 7) is 4.93. The molecule has 3 aromatic rings. The molecule has 3 amide bonds. The maximum absolute atomic E-state index is 13.6. The second-order valence-corrected chi connectivity index (χ2v) is 10.1. The Hall–Kier alpha value is -4.17. The van der Waals surface area contributed by atoms with Crippen molar-refractivity contribution in [2.24, 2.45) is 0 Å². The maximum atomic E-state index is 13.6. The van der Waals surface area contributed by atoms with Crippen LogP contribution in [0.1, 0.15) is 50.3 Å². The van der Waals surface area contributed by atoms with E-state index in [1.54, 1.807) is 20.8 Å². The van der Waals surface area contributed by atoms with Crippen molar-refractivity contribution in [2.45, 2.75) is 50.8 Å². The molecule has 0 spiro atoms. The molecule has 0 heterocycles. The summed E-state index contributed by atoms with van der Waals surface area (Å²) in [7, 11) is 0. The highest BCUT2D eigenvalue weighted by molar-refractivity contribution is 5.87. The third kappa shape index (κ3) is 8.15. The van der Waals surface area contributed by atoms with Gasteiger partial charge in [0.15, 0.2) is 0 Å². The molecule has 0 saturated carbocycles. The molecule has 0 aliphatic heterocycles. The number of aliphatic hydroxyl groups is 1. The summed E-state index contributed by atoms with van der Waals surface area (Å²) in [4.78, 5) is 38.8. The van der Waals surface area contributed by atoms with Crippen LogP contribution in [0.15, 0.2) is 91.0 Å². The summed E-state index contributed by atoms with van der Waals surface area (Å²) in [5.74, 6) is -0.819. The van der Waals surface area contributed by atoms with Gasteiger partial charge in [-0.1, -0.05) is 91.0 Å². The van der Waals surface area contributed by atoms with Crippen LogP contribution in [0.5, 0.6) is 0 Å². The summed E-state index contributed by atoms with van der Waals surface area (Å²) in [6.07, 6.45) is -0.794. The van der Waals surface area contributed by atoms with Gasteiger partial charge >= 0.3 is 6.09 Å². The molecule has 39 heavy (non-hydrogen) atoms. The van der Waals surface area contributed by atoms with Crippen LogP contribution in [0.3, 0.4) is 0 Å². The average molecular weight is 532 g/mol. The van der Waals surface area contributed by atoms with Gasteiger partial charge in [0.2, 0.25) is 11.8 Å². The summed E-state index contributed by atoms with van der Waals surface area (Å²) in [6, 6.07) is 28.1. The minimum absolute atomic E-state index is 0.0245. The van der Waals surface area contributed by atoms with Gasteiger partial charge in [-0.25, -0.2) is 4.79 Å². The number of hydrogen-bond acceptors (Lipinski definition) is 5. The molecule has 0 radical (unpaired) electrons.